The van der Waals surface area contributed by atoms with Crippen molar-refractivity contribution in [3.8, 4) is 6.07 Å². The third-order valence-electron chi connectivity index (χ3n) is 4.17. The van der Waals surface area contributed by atoms with Gasteiger partial charge in [-0.2, -0.15) is 5.26 Å². The molecule has 102 valence electrons. The fourth-order valence-electron chi connectivity index (χ4n) is 2.87. The van der Waals surface area contributed by atoms with Crippen molar-refractivity contribution in [2.75, 3.05) is 0 Å². The van der Waals surface area contributed by atoms with E-state index in [2.05, 4.69) is 12.2 Å². The summed E-state index contributed by atoms with van der Waals surface area (Å²) < 4.78 is 13.9. The van der Waals surface area contributed by atoms with Crippen LogP contribution in [0.2, 0.25) is 0 Å². The lowest BCUT2D eigenvalue weighted by atomic mass is 9.84. The van der Waals surface area contributed by atoms with Gasteiger partial charge in [0.05, 0.1) is 5.56 Å². The average Bonchev–Trinajstić information content (AvgIpc) is 2.47. The molecule has 2 rings (SSSR count). The van der Waals surface area contributed by atoms with Gasteiger partial charge in [-0.3, -0.25) is 0 Å². The number of rotatable bonds is 4. The van der Waals surface area contributed by atoms with Crippen LogP contribution in [0.1, 0.15) is 50.2 Å². The Hall–Kier alpha value is -1.40. The number of benzene rings is 1. The molecule has 0 radical (unpaired) electrons. The highest BCUT2D eigenvalue weighted by Crippen LogP contribution is 2.26. The van der Waals surface area contributed by atoms with Crippen LogP contribution in [0.3, 0.4) is 0 Å². The first-order valence-corrected chi connectivity index (χ1v) is 7.13. The van der Waals surface area contributed by atoms with Crippen LogP contribution in [-0.4, -0.2) is 6.04 Å². The van der Waals surface area contributed by atoms with Crippen molar-refractivity contribution < 1.29 is 4.39 Å². The van der Waals surface area contributed by atoms with Crippen LogP contribution >= 0.6 is 0 Å². The molecule has 0 aliphatic heterocycles. The summed E-state index contributed by atoms with van der Waals surface area (Å²) in [7, 11) is 0. The van der Waals surface area contributed by atoms with Crippen LogP contribution in [0.15, 0.2) is 18.2 Å². The summed E-state index contributed by atoms with van der Waals surface area (Å²) in [5, 5.41) is 12.2. The molecular formula is C16H21FN2. The lowest BCUT2D eigenvalue weighted by Crippen LogP contribution is -2.34. The van der Waals surface area contributed by atoms with E-state index in [1.54, 1.807) is 12.1 Å². The second-order valence-corrected chi connectivity index (χ2v) is 5.46. The van der Waals surface area contributed by atoms with E-state index in [4.69, 9.17) is 5.26 Å². The smallest absolute Gasteiger partial charge is 0.145 e. The van der Waals surface area contributed by atoms with E-state index in [-0.39, 0.29) is 11.4 Å². The minimum absolute atomic E-state index is 0.129. The maximum absolute atomic E-state index is 13.9. The molecule has 1 aliphatic rings. The molecule has 2 nitrogen and oxygen atoms in total. The number of nitrogens with zero attached hydrogens (tertiary/aromatic N) is 1. The van der Waals surface area contributed by atoms with Crippen molar-refractivity contribution in [3.05, 3.63) is 35.1 Å². The summed E-state index contributed by atoms with van der Waals surface area (Å²) in [4.78, 5) is 0. The maximum Gasteiger partial charge on any atom is 0.145 e. The van der Waals surface area contributed by atoms with Crippen molar-refractivity contribution in [2.45, 2.75) is 51.6 Å². The van der Waals surface area contributed by atoms with Gasteiger partial charge in [-0.05, 0) is 31.7 Å². The van der Waals surface area contributed by atoms with Gasteiger partial charge in [0.25, 0.3) is 0 Å². The van der Waals surface area contributed by atoms with Crippen molar-refractivity contribution in [1.29, 1.82) is 5.26 Å². The molecule has 1 aromatic rings. The topological polar surface area (TPSA) is 35.8 Å². The molecule has 19 heavy (non-hydrogen) atoms. The zero-order valence-corrected chi connectivity index (χ0v) is 11.5. The summed E-state index contributed by atoms with van der Waals surface area (Å²) >= 11 is 0. The minimum Gasteiger partial charge on any atom is -0.310 e. The molecule has 0 heterocycles. The van der Waals surface area contributed by atoms with Gasteiger partial charge in [-0.1, -0.05) is 31.4 Å². The predicted octanol–water partition coefficient (Wildman–Crippen LogP) is 3.76. The summed E-state index contributed by atoms with van der Waals surface area (Å²) in [6.45, 7) is 2.68. The molecule has 0 aromatic heterocycles. The maximum atomic E-state index is 13.9. The molecular weight excluding hydrogens is 239 g/mol. The van der Waals surface area contributed by atoms with Gasteiger partial charge in [0.1, 0.15) is 11.9 Å². The second kappa shape index (κ2) is 6.68. The van der Waals surface area contributed by atoms with E-state index in [1.807, 2.05) is 6.07 Å². The first kappa shape index (κ1) is 14.0. The van der Waals surface area contributed by atoms with Crippen LogP contribution in [0.4, 0.5) is 4.39 Å². The quantitative estimate of drug-likeness (QED) is 0.894. The first-order chi connectivity index (χ1) is 9.22. The minimum atomic E-state index is -0.381. The number of hydrogen-bond donors (Lipinski definition) is 1. The standard InChI is InChI=1S/C16H21FN2/c1-12(13-6-3-2-4-7-13)19-11-15-9-5-8-14(10-18)16(15)17/h5,8-9,12-13,19H,2-4,6-7,11H2,1H3/t12-/m1/s1. The summed E-state index contributed by atoms with van der Waals surface area (Å²) in [5.41, 5.74) is 0.714. The third kappa shape index (κ3) is 3.54. The van der Waals surface area contributed by atoms with E-state index >= 15 is 0 Å². The lowest BCUT2D eigenvalue weighted by Gasteiger charge is -2.28. The van der Waals surface area contributed by atoms with Crippen molar-refractivity contribution in [2.24, 2.45) is 5.92 Å². The Morgan fingerprint density at radius 2 is 2.11 bits per heavy atom. The van der Waals surface area contributed by atoms with E-state index in [1.165, 1.54) is 38.2 Å². The summed E-state index contributed by atoms with van der Waals surface area (Å²) in [5.74, 6) is 0.323. The van der Waals surface area contributed by atoms with E-state index in [0.29, 0.717) is 24.1 Å². The zero-order valence-electron chi connectivity index (χ0n) is 11.5. The molecule has 1 N–H and O–H groups in total. The predicted molar refractivity (Wildman–Crippen MR) is 74.0 cm³/mol. The normalized spacial score (nSPS) is 17.9. The SMILES string of the molecule is C[C@@H](NCc1cccc(C#N)c1F)C1CCCCC1. The molecule has 0 unspecified atom stereocenters. The van der Waals surface area contributed by atoms with E-state index in [0.717, 1.165) is 0 Å². The lowest BCUT2D eigenvalue weighted by molar-refractivity contribution is 0.280. The molecule has 0 spiro atoms. The Bertz CT molecular complexity index is 458. The van der Waals surface area contributed by atoms with Crippen LogP contribution in [-0.2, 0) is 6.54 Å². The second-order valence-electron chi connectivity index (χ2n) is 5.46. The number of nitriles is 1. The van der Waals surface area contributed by atoms with E-state index < -0.39 is 0 Å². The molecule has 1 aromatic carbocycles. The van der Waals surface area contributed by atoms with Gasteiger partial charge in [-0.25, -0.2) is 4.39 Å². The van der Waals surface area contributed by atoms with Gasteiger partial charge in [0.15, 0.2) is 0 Å². The zero-order chi connectivity index (χ0) is 13.7. The number of halogens is 1. The van der Waals surface area contributed by atoms with Crippen LogP contribution < -0.4 is 5.32 Å². The Balaban J connectivity index is 1.93. The fraction of sp³-hybridized carbons (Fsp3) is 0.562. The van der Waals surface area contributed by atoms with Gasteiger partial charge in [0, 0.05) is 18.2 Å². The van der Waals surface area contributed by atoms with Crippen LogP contribution in [0, 0.1) is 23.1 Å². The molecule has 0 bridgehead atoms. The van der Waals surface area contributed by atoms with Crippen molar-refractivity contribution in [3.63, 3.8) is 0 Å². The molecule has 1 atom stereocenters. The highest BCUT2D eigenvalue weighted by Gasteiger charge is 2.19. The largest absolute Gasteiger partial charge is 0.310 e. The molecule has 1 fully saturated rings. The molecule has 1 saturated carbocycles. The molecule has 0 amide bonds. The Labute approximate surface area is 114 Å². The van der Waals surface area contributed by atoms with Gasteiger partial charge in [0.2, 0.25) is 0 Å². The summed E-state index contributed by atoms with van der Waals surface area (Å²) in [6.07, 6.45) is 6.52. The Morgan fingerprint density at radius 3 is 2.79 bits per heavy atom. The monoisotopic (exact) mass is 260 g/mol. The Kier molecular flexibility index (Phi) is 4.93. The van der Waals surface area contributed by atoms with Gasteiger partial charge in [-0.15, -0.1) is 0 Å². The highest BCUT2D eigenvalue weighted by molar-refractivity contribution is 5.34. The molecule has 1 aliphatic carbocycles. The fourth-order valence-corrected chi connectivity index (χ4v) is 2.87. The van der Waals surface area contributed by atoms with Crippen LogP contribution in [0.25, 0.3) is 0 Å². The number of nitrogens with one attached hydrogen (secondary N) is 1. The van der Waals surface area contributed by atoms with Crippen molar-refractivity contribution in [1.82, 2.24) is 5.32 Å². The van der Waals surface area contributed by atoms with Crippen molar-refractivity contribution >= 4 is 0 Å². The van der Waals surface area contributed by atoms with E-state index in [9.17, 15) is 4.39 Å². The molecule has 3 heteroatoms. The molecule has 0 saturated heterocycles. The highest BCUT2D eigenvalue weighted by atomic mass is 19.1. The summed E-state index contributed by atoms with van der Waals surface area (Å²) in [6, 6.07) is 7.30. The van der Waals surface area contributed by atoms with Gasteiger partial charge < -0.3 is 5.32 Å². The van der Waals surface area contributed by atoms with Crippen LogP contribution in [0.5, 0.6) is 0 Å². The Morgan fingerprint density at radius 1 is 1.37 bits per heavy atom. The third-order valence-corrected chi connectivity index (χ3v) is 4.17. The number of hydrogen-bond acceptors (Lipinski definition) is 2. The van der Waals surface area contributed by atoms with Gasteiger partial charge >= 0.3 is 0 Å². The first-order valence-electron chi connectivity index (χ1n) is 7.13. The average molecular weight is 260 g/mol.